The molecule has 0 saturated heterocycles. The standard InChI is InChI=1S/3H3N.H4O7P2/c;;;1-8(2,3)7-9(4,5)6/h3*1H3;(H2,1,2,3)(H2,4,5,6). The van der Waals surface area contributed by atoms with Crippen LogP contribution < -0.4 is 18.5 Å². The van der Waals surface area contributed by atoms with E-state index in [1.165, 1.54) is 0 Å². The first-order valence-electron chi connectivity index (χ1n) is 1.53. The average molecular weight is 229 g/mol. The topological polar surface area (TPSA) is 229 Å². The largest absolute Gasteiger partial charge is 0.478 e. The zero-order valence-corrected chi connectivity index (χ0v) is 7.82. The minimum atomic E-state index is -5.05. The van der Waals surface area contributed by atoms with Gasteiger partial charge < -0.3 is 38.0 Å². The van der Waals surface area contributed by atoms with Crippen LogP contribution in [0, 0.1) is 0 Å². The van der Waals surface area contributed by atoms with Crippen molar-refractivity contribution in [2.24, 2.45) is 0 Å². The van der Waals surface area contributed by atoms with Crippen LogP contribution in [0.1, 0.15) is 0 Å². The molecule has 10 nitrogen and oxygen atoms in total. The smallest absolute Gasteiger partial charge is 0.344 e. The molecule has 0 aromatic carbocycles. The van der Waals surface area contributed by atoms with Gasteiger partial charge in [-0.15, -0.1) is 0 Å². The maximum Gasteiger partial charge on any atom is 0.478 e. The van der Waals surface area contributed by atoms with E-state index in [9.17, 15) is 9.13 Å². The summed E-state index contributed by atoms with van der Waals surface area (Å²) in [5.74, 6) is 0. The number of phosphoric acid groups is 2. The summed E-state index contributed by atoms with van der Waals surface area (Å²) in [5.41, 5.74) is 0. The number of hydrogen-bond donors (Lipinski definition) is 7. The first-order chi connectivity index (χ1) is 3.71. The Kier molecular flexibility index (Phi) is 12.6. The zero-order chi connectivity index (χ0) is 7.71. The molecule has 0 amide bonds. The predicted octanol–water partition coefficient (Wildman–Crippen LogP) is -0.326. The highest BCUT2D eigenvalue weighted by Gasteiger charge is 2.27. The van der Waals surface area contributed by atoms with Crippen molar-refractivity contribution < 1.29 is 33.0 Å². The van der Waals surface area contributed by atoms with E-state index in [1.54, 1.807) is 0 Å². The van der Waals surface area contributed by atoms with Gasteiger partial charge in [-0.1, -0.05) is 0 Å². The summed E-state index contributed by atoms with van der Waals surface area (Å²) in [4.78, 5) is 31.0. The molecule has 0 aliphatic heterocycles. The lowest BCUT2D eigenvalue weighted by molar-refractivity contribution is 0.225. The molecule has 80 valence electrons. The van der Waals surface area contributed by atoms with Crippen LogP contribution in [0.25, 0.3) is 0 Å². The van der Waals surface area contributed by atoms with E-state index in [-0.39, 0.29) is 18.5 Å². The fourth-order valence-corrected chi connectivity index (χ4v) is 1.25. The van der Waals surface area contributed by atoms with Crippen LogP contribution in [-0.4, -0.2) is 19.6 Å². The van der Waals surface area contributed by atoms with Gasteiger partial charge in [-0.2, -0.15) is 4.31 Å². The minimum Gasteiger partial charge on any atom is -0.344 e. The van der Waals surface area contributed by atoms with Gasteiger partial charge in [0.2, 0.25) is 0 Å². The third-order valence-corrected chi connectivity index (χ3v) is 1.91. The molecule has 0 aliphatic rings. The normalized spacial score (nSPS) is 10.3. The van der Waals surface area contributed by atoms with Gasteiger partial charge >= 0.3 is 15.6 Å². The van der Waals surface area contributed by atoms with Crippen LogP contribution in [-0.2, 0) is 13.4 Å². The molecule has 0 heterocycles. The van der Waals surface area contributed by atoms with Crippen LogP contribution in [0.2, 0.25) is 0 Å². The first-order valence-corrected chi connectivity index (χ1v) is 4.59. The monoisotopic (exact) mass is 229 g/mol. The molecule has 0 aliphatic carbocycles. The Hall–Kier alpha value is 0.140. The van der Waals surface area contributed by atoms with Crippen molar-refractivity contribution in [3.8, 4) is 0 Å². The first kappa shape index (κ1) is 22.7. The van der Waals surface area contributed by atoms with E-state index in [2.05, 4.69) is 4.31 Å². The van der Waals surface area contributed by atoms with Crippen molar-refractivity contribution in [3.63, 3.8) is 0 Å². The summed E-state index contributed by atoms with van der Waals surface area (Å²) in [6.07, 6.45) is 0. The average Bonchev–Trinajstić information content (AvgIpc) is 1.14. The van der Waals surface area contributed by atoms with Crippen molar-refractivity contribution in [1.82, 2.24) is 18.5 Å². The Morgan fingerprint density at radius 1 is 0.750 bits per heavy atom. The van der Waals surface area contributed by atoms with Crippen LogP contribution in [0.3, 0.4) is 0 Å². The SMILES string of the molecule is N.N.N.O=P(O)(O)OP(=O)(O)O. The summed E-state index contributed by atoms with van der Waals surface area (Å²) in [5, 5.41) is 0. The van der Waals surface area contributed by atoms with Gasteiger partial charge in [0.15, 0.2) is 0 Å². The van der Waals surface area contributed by atoms with Gasteiger partial charge in [-0.3, -0.25) is 0 Å². The molecule has 0 aromatic rings. The van der Waals surface area contributed by atoms with Crippen molar-refractivity contribution in [2.45, 2.75) is 0 Å². The molecule has 0 saturated carbocycles. The van der Waals surface area contributed by atoms with E-state index >= 15 is 0 Å². The highest BCUT2D eigenvalue weighted by molar-refractivity contribution is 7.60. The lowest BCUT2D eigenvalue weighted by Crippen LogP contribution is -1.84. The maximum absolute atomic E-state index is 9.63. The van der Waals surface area contributed by atoms with Crippen molar-refractivity contribution in [2.75, 3.05) is 0 Å². The Bertz CT molecular complexity index is 157. The molecule has 0 rings (SSSR count). The summed E-state index contributed by atoms with van der Waals surface area (Å²) in [6, 6.07) is 0. The molecule has 0 fully saturated rings. The lowest BCUT2D eigenvalue weighted by Gasteiger charge is -2.03. The fraction of sp³-hybridized carbons (Fsp3) is 0. The zero-order valence-electron chi connectivity index (χ0n) is 6.03. The highest BCUT2D eigenvalue weighted by Crippen LogP contribution is 2.53. The van der Waals surface area contributed by atoms with Crippen molar-refractivity contribution in [1.29, 1.82) is 0 Å². The molecule has 0 radical (unpaired) electrons. The van der Waals surface area contributed by atoms with Gasteiger partial charge in [0, 0.05) is 0 Å². The van der Waals surface area contributed by atoms with Crippen LogP contribution in [0.15, 0.2) is 0 Å². The summed E-state index contributed by atoms with van der Waals surface area (Å²) >= 11 is 0. The Labute approximate surface area is 68.2 Å². The van der Waals surface area contributed by atoms with Gasteiger partial charge in [-0.05, 0) is 0 Å². The van der Waals surface area contributed by atoms with E-state index < -0.39 is 15.6 Å². The van der Waals surface area contributed by atoms with Gasteiger partial charge in [0.1, 0.15) is 0 Å². The fourth-order valence-electron chi connectivity index (χ4n) is 0.139. The second-order valence-electron chi connectivity index (χ2n) is 1.06. The van der Waals surface area contributed by atoms with Gasteiger partial charge in [0.05, 0.1) is 0 Å². The molecule has 13 N–H and O–H groups in total. The van der Waals surface area contributed by atoms with E-state index in [0.29, 0.717) is 0 Å². The number of rotatable bonds is 2. The van der Waals surface area contributed by atoms with Gasteiger partial charge in [-0.25, -0.2) is 9.13 Å². The minimum absolute atomic E-state index is 0. The second kappa shape index (κ2) is 6.63. The molecule has 0 aromatic heterocycles. The molecular weight excluding hydrogens is 216 g/mol. The lowest BCUT2D eigenvalue weighted by atomic mass is 14.0. The van der Waals surface area contributed by atoms with Gasteiger partial charge in [0.25, 0.3) is 0 Å². The van der Waals surface area contributed by atoms with Crippen molar-refractivity contribution >= 4 is 15.6 Å². The van der Waals surface area contributed by atoms with E-state index in [1.807, 2.05) is 0 Å². The summed E-state index contributed by atoms with van der Waals surface area (Å²) in [6.45, 7) is 0. The molecule has 0 bridgehead atoms. The summed E-state index contributed by atoms with van der Waals surface area (Å²) in [7, 11) is -10.1. The Balaban J connectivity index is -0.000000107. The molecule has 0 unspecified atom stereocenters. The molecule has 12 heteroatoms. The molecule has 0 spiro atoms. The van der Waals surface area contributed by atoms with Crippen LogP contribution in [0.5, 0.6) is 0 Å². The third-order valence-electron chi connectivity index (χ3n) is 0.213. The highest BCUT2D eigenvalue weighted by atomic mass is 31.3. The maximum atomic E-state index is 9.63. The predicted molar refractivity (Wildman–Crippen MR) is 40.2 cm³/mol. The van der Waals surface area contributed by atoms with Crippen LogP contribution in [0.4, 0.5) is 0 Å². The summed E-state index contributed by atoms with van der Waals surface area (Å²) < 4.78 is 22.2. The molecule has 12 heavy (non-hydrogen) atoms. The molecular formula is H13N3O7P2. The van der Waals surface area contributed by atoms with Crippen molar-refractivity contribution in [3.05, 3.63) is 0 Å². The quantitative estimate of drug-likeness (QED) is 0.304. The third kappa shape index (κ3) is 22.5. The Morgan fingerprint density at radius 3 is 0.917 bits per heavy atom. The van der Waals surface area contributed by atoms with E-state index in [0.717, 1.165) is 0 Å². The van der Waals surface area contributed by atoms with E-state index in [4.69, 9.17) is 19.6 Å². The Morgan fingerprint density at radius 2 is 0.917 bits per heavy atom. The number of hydrogen-bond acceptors (Lipinski definition) is 6. The second-order valence-corrected chi connectivity index (χ2v) is 3.68. The van der Waals surface area contributed by atoms with Crippen LogP contribution >= 0.6 is 15.6 Å². The molecule has 0 atom stereocenters.